The first-order valence-electron chi connectivity index (χ1n) is 4.59. The zero-order chi connectivity index (χ0) is 9.97. The van der Waals surface area contributed by atoms with Gasteiger partial charge >= 0.3 is 0 Å². The lowest BCUT2D eigenvalue weighted by Crippen LogP contribution is -2.04. The summed E-state index contributed by atoms with van der Waals surface area (Å²) in [5.41, 5.74) is 7.50. The van der Waals surface area contributed by atoms with Gasteiger partial charge in [-0.05, 0) is 30.7 Å². The molecular weight excluding hydrogens is 178 g/mol. The van der Waals surface area contributed by atoms with Gasteiger partial charge in [-0.1, -0.05) is 0 Å². The standard InChI is InChI=1S/C11H13NO2/c1-13-10-7-11-9(3-5-14-11)6-8(10)2-4-12/h3,5-7H,2,4,12H2,1H3. The van der Waals surface area contributed by atoms with E-state index in [2.05, 4.69) is 6.07 Å². The monoisotopic (exact) mass is 191 g/mol. The van der Waals surface area contributed by atoms with Crippen molar-refractivity contribution in [1.82, 2.24) is 0 Å². The Kier molecular flexibility index (Phi) is 2.41. The van der Waals surface area contributed by atoms with E-state index in [9.17, 15) is 0 Å². The van der Waals surface area contributed by atoms with E-state index in [-0.39, 0.29) is 0 Å². The molecule has 0 aliphatic heterocycles. The van der Waals surface area contributed by atoms with Crippen molar-refractivity contribution in [3.05, 3.63) is 30.0 Å². The summed E-state index contributed by atoms with van der Waals surface area (Å²) >= 11 is 0. The van der Waals surface area contributed by atoms with Crippen LogP contribution >= 0.6 is 0 Å². The van der Waals surface area contributed by atoms with Crippen LogP contribution in [-0.2, 0) is 6.42 Å². The van der Waals surface area contributed by atoms with E-state index in [1.807, 2.05) is 12.1 Å². The maximum absolute atomic E-state index is 5.52. The molecule has 1 aromatic heterocycles. The molecule has 0 aliphatic rings. The molecule has 1 aromatic carbocycles. The van der Waals surface area contributed by atoms with Crippen molar-refractivity contribution in [1.29, 1.82) is 0 Å². The summed E-state index contributed by atoms with van der Waals surface area (Å²) in [4.78, 5) is 0. The van der Waals surface area contributed by atoms with Gasteiger partial charge in [-0.15, -0.1) is 0 Å². The van der Waals surface area contributed by atoms with Crippen LogP contribution in [-0.4, -0.2) is 13.7 Å². The van der Waals surface area contributed by atoms with E-state index in [0.29, 0.717) is 6.54 Å². The summed E-state index contributed by atoms with van der Waals surface area (Å²) in [5, 5.41) is 1.09. The number of nitrogens with two attached hydrogens (primary N) is 1. The van der Waals surface area contributed by atoms with Gasteiger partial charge in [0.15, 0.2) is 0 Å². The average molecular weight is 191 g/mol. The molecular formula is C11H13NO2. The predicted molar refractivity (Wildman–Crippen MR) is 55.5 cm³/mol. The fourth-order valence-electron chi connectivity index (χ4n) is 1.58. The van der Waals surface area contributed by atoms with Gasteiger partial charge in [0.25, 0.3) is 0 Å². The van der Waals surface area contributed by atoms with E-state index < -0.39 is 0 Å². The Bertz CT molecular complexity index is 434. The highest BCUT2D eigenvalue weighted by molar-refractivity contribution is 5.80. The van der Waals surface area contributed by atoms with Crippen LogP contribution in [0.2, 0.25) is 0 Å². The second-order valence-electron chi connectivity index (χ2n) is 3.16. The number of furan rings is 1. The molecule has 1 heterocycles. The molecule has 0 amide bonds. The molecule has 0 saturated carbocycles. The van der Waals surface area contributed by atoms with Gasteiger partial charge in [0.05, 0.1) is 13.4 Å². The number of benzene rings is 1. The Morgan fingerprint density at radius 1 is 1.43 bits per heavy atom. The summed E-state index contributed by atoms with van der Waals surface area (Å²) in [6, 6.07) is 5.90. The maximum Gasteiger partial charge on any atom is 0.137 e. The average Bonchev–Trinajstić information content (AvgIpc) is 2.64. The molecule has 0 spiro atoms. The lowest BCUT2D eigenvalue weighted by atomic mass is 10.1. The summed E-state index contributed by atoms with van der Waals surface area (Å²) in [5.74, 6) is 0.845. The topological polar surface area (TPSA) is 48.4 Å². The molecule has 2 N–H and O–H groups in total. The van der Waals surface area contributed by atoms with Gasteiger partial charge in [0, 0.05) is 11.5 Å². The molecule has 0 bridgehead atoms. The third kappa shape index (κ3) is 1.46. The van der Waals surface area contributed by atoms with E-state index in [1.54, 1.807) is 13.4 Å². The number of methoxy groups -OCH3 is 1. The van der Waals surface area contributed by atoms with Crippen molar-refractivity contribution in [3.63, 3.8) is 0 Å². The molecule has 2 aromatic rings. The van der Waals surface area contributed by atoms with Crippen LogP contribution in [0.25, 0.3) is 11.0 Å². The molecule has 3 nitrogen and oxygen atoms in total. The molecule has 74 valence electrons. The van der Waals surface area contributed by atoms with Crippen molar-refractivity contribution < 1.29 is 9.15 Å². The third-order valence-corrected chi connectivity index (χ3v) is 2.27. The smallest absolute Gasteiger partial charge is 0.137 e. The van der Waals surface area contributed by atoms with Crippen LogP contribution in [0.3, 0.4) is 0 Å². The molecule has 3 heteroatoms. The Labute approximate surface area is 82.5 Å². The van der Waals surface area contributed by atoms with Crippen LogP contribution in [0.1, 0.15) is 5.56 Å². The molecule has 0 atom stereocenters. The van der Waals surface area contributed by atoms with Gasteiger partial charge in [-0.3, -0.25) is 0 Å². The SMILES string of the molecule is COc1cc2occc2cc1CCN. The number of hydrogen-bond acceptors (Lipinski definition) is 3. The second-order valence-corrected chi connectivity index (χ2v) is 3.16. The highest BCUT2D eigenvalue weighted by Crippen LogP contribution is 2.26. The highest BCUT2D eigenvalue weighted by Gasteiger charge is 2.06. The van der Waals surface area contributed by atoms with Crippen molar-refractivity contribution in [2.24, 2.45) is 5.73 Å². The molecule has 2 rings (SSSR count). The first kappa shape index (κ1) is 9.09. The largest absolute Gasteiger partial charge is 0.496 e. The molecule has 14 heavy (non-hydrogen) atoms. The molecule has 0 radical (unpaired) electrons. The first-order valence-corrected chi connectivity index (χ1v) is 4.59. The zero-order valence-electron chi connectivity index (χ0n) is 8.12. The second kappa shape index (κ2) is 3.72. The van der Waals surface area contributed by atoms with Gasteiger partial charge in [0.2, 0.25) is 0 Å². The molecule has 0 unspecified atom stereocenters. The van der Waals surface area contributed by atoms with Crippen molar-refractivity contribution in [3.8, 4) is 5.75 Å². The van der Waals surface area contributed by atoms with Crippen LogP contribution in [0.5, 0.6) is 5.75 Å². The maximum atomic E-state index is 5.52. The summed E-state index contributed by atoms with van der Waals surface area (Å²) < 4.78 is 10.5. The molecule has 0 saturated heterocycles. The van der Waals surface area contributed by atoms with Crippen LogP contribution in [0, 0.1) is 0 Å². The molecule has 0 fully saturated rings. The van der Waals surface area contributed by atoms with Crippen molar-refractivity contribution in [2.45, 2.75) is 6.42 Å². The van der Waals surface area contributed by atoms with Gasteiger partial charge in [-0.25, -0.2) is 0 Å². The van der Waals surface area contributed by atoms with Crippen LogP contribution in [0.15, 0.2) is 28.9 Å². The van der Waals surface area contributed by atoms with Crippen molar-refractivity contribution >= 4 is 11.0 Å². The van der Waals surface area contributed by atoms with Gasteiger partial charge in [0.1, 0.15) is 11.3 Å². The normalized spacial score (nSPS) is 10.7. The highest BCUT2D eigenvalue weighted by atomic mass is 16.5. The fraction of sp³-hybridized carbons (Fsp3) is 0.273. The quantitative estimate of drug-likeness (QED) is 0.806. The predicted octanol–water partition coefficient (Wildman–Crippen LogP) is 1.94. The lowest BCUT2D eigenvalue weighted by Gasteiger charge is -2.06. The Hall–Kier alpha value is -1.48. The zero-order valence-corrected chi connectivity index (χ0v) is 8.12. The summed E-state index contributed by atoms with van der Waals surface area (Å²) in [7, 11) is 1.66. The Morgan fingerprint density at radius 3 is 3.00 bits per heavy atom. The Morgan fingerprint density at radius 2 is 2.29 bits per heavy atom. The first-order chi connectivity index (χ1) is 6.85. The minimum absolute atomic E-state index is 0.625. The van der Waals surface area contributed by atoms with Gasteiger partial charge < -0.3 is 14.9 Å². The number of hydrogen-bond donors (Lipinski definition) is 1. The van der Waals surface area contributed by atoms with E-state index >= 15 is 0 Å². The minimum atomic E-state index is 0.625. The Balaban J connectivity index is 2.54. The van der Waals surface area contributed by atoms with E-state index in [4.69, 9.17) is 14.9 Å². The van der Waals surface area contributed by atoms with E-state index in [1.165, 1.54) is 0 Å². The van der Waals surface area contributed by atoms with Crippen molar-refractivity contribution in [2.75, 3.05) is 13.7 Å². The van der Waals surface area contributed by atoms with Crippen LogP contribution < -0.4 is 10.5 Å². The minimum Gasteiger partial charge on any atom is -0.496 e. The lowest BCUT2D eigenvalue weighted by molar-refractivity contribution is 0.409. The number of fused-ring (bicyclic) bond motifs is 1. The fourth-order valence-corrected chi connectivity index (χ4v) is 1.58. The third-order valence-electron chi connectivity index (χ3n) is 2.27. The number of rotatable bonds is 3. The van der Waals surface area contributed by atoms with Crippen LogP contribution in [0.4, 0.5) is 0 Å². The summed E-state index contributed by atoms with van der Waals surface area (Å²) in [6.45, 7) is 0.625. The van der Waals surface area contributed by atoms with Gasteiger partial charge in [-0.2, -0.15) is 0 Å². The summed E-state index contributed by atoms with van der Waals surface area (Å²) in [6.07, 6.45) is 2.50. The van der Waals surface area contributed by atoms with E-state index in [0.717, 1.165) is 28.7 Å². The molecule has 0 aliphatic carbocycles. The number of ether oxygens (including phenoxy) is 1.